The molecule has 1 N–H and O–H groups in total. The van der Waals surface area contributed by atoms with Crippen LogP contribution in [0.4, 0.5) is 13.2 Å². The number of amides is 1. The monoisotopic (exact) mass is 362 g/mol. The van der Waals surface area contributed by atoms with E-state index in [-0.39, 0.29) is 24.1 Å². The molecule has 1 heterocycles. The lowest BCUT2D eigenvalue weighted by Crippen LogP contribution is -2.41. The number of halogens is 4. The van der Waals surface area contributed by atoms with Crippen molar-refractivity contribution >= 4 is 17.5 Å². The molecule has 0 saturated carbocycles. The van der Waals surface area contributed by atoms with E-state index in [0.717, 1.165) is 38.3 Å². The highest BCUT2D eigenvalue weighted by atomic mass is 35.5. The molecule has 0 radical (unpaired) electrons. The second-order valence-electron chi connectivity index (χ2n) is 6.19. The molecule has 1 atom stereocenters. The van der Waals surface area contributed by atoms with Crippen LogP contribution < -0.4 is 5.32 Å². The van der Waals surface area contributed by atoms with Crippen molar-refractivity contribution < 1.29 is 18.0 Å². The predicted molar refractivity (Wildman–Crippen MR) is 87.8 cm³/mol. The highest BCUT2D eigenvalue weighted by Gasteiger charge is 2.34. The van der Waals surface area contributed by atoms with Crippen LogP contribution >= 0.6 is 11.6 Å². The molecule has 1 saturated heterocycles. The minimum absolute atomic E-state index is 0.0911. The number of carbonyl (C=O) groups excluding carboxylic acids is 1. The smallest absolute Gasteiger partial charge is 0.356 e. The summed E-state index contributed by atoms with van der Waals surface area (Å²) in [4.78, 5) is 13.1. The Labute approximate surface area is 145 Å². The van der Waals surface area contributed by atoms with E-state index in [2.05, 4.69) is 10.2 Å². The van der Waals surface area contributed by atoms with Gasteiger partial charge in [0.15, 0.2) is 0 Å². The van der Waals surface area contributed by atoms with E-state index < -0.39 is 11.7 Å². The van der Waals surface area contributed by atoms with Crippen LogP contribution in [0.1, 0.15) is 43.7 Å². The highest BCUT2D eigenvalue weighted by Crippen LogP contribution is 2.35. The van der Waals surface area contributed by atoms with Crippen LogP contribution in [0.2, 0.25) is 5.02 Å². The zero-order valence-corrected chi connectivity index (χ0v) is 14.4. The molecule has 1 aliphatic heterocycles. The van der Waals surface area contributed by atoms with E-state index in [4.69, 9.17) is 11.6 Å². The molecule has 1 aromatic rings. The van der Waals surface area contributed by atoms with Gasteiger partial charge in [-0.05, 0) is 49.6 Å². The van der Waals surface area contributed by atoms with E-state index in [1.165, 1.54) is 19.1 Å². The molecule has 1 unspecified atom stereocenters. The summed E-state index contributed by atoms with van der Waals surface area (Å²) in [5.74, 6) is -0.0911. The Balaban J connectivity index is 2.12. The number of likely N-dealkylation sites (tertiary alicyclic amines) is 1. The van der Waals surface area contributed by atoms with Gasteiger partial charge in [-0.1, -0.05) is 18.0 Å². The molecule has 0 aromatic heterocycles. The Kier molecular flexibility index (Phi) is 6.52. The summed E-state index contributed by atoms with van der Waals surface area (Å²) in [5, 5.41) is 3.07. The summed E-state index contributed by atoms with van der Waals surface area (Å²) in [6.07, 6.45) is -0.689. The van der Waals surface area contributed by atoms with Gasteiger partial charge in [0.05, 0.1) is 5.56 Å². The van der Waals surface area contributed by atoms with Gasteiger partial charge in [-0.2, -0.15) is 13.2 Å². The fraction of sp³-hybridized carbons (Fsp3) is 0.588. The highest BCUT2D eigenvalue weighted by molar-refractivity contribution is 6.30. The van der Waals surface area contributed by atoms with Crippen LogP contribution in [0.25, 0.3) is 0 Å². The van der Waals surface area contributed by atoms with Gasteiger partial charge in [0.25, 0.3) is 0 Å². The van der Waals surface area contributed by atoms with Crippen molar-refractivity contribution in [2.45, 2.75) is 51.4 Å². The number of rotatable bonds is 5. The molecule has 134 valence electrons. The average Bonchev–Trinajstić information content (AvgIpc) is 2.47. The minimum Gasteiger partial charge on any atom is -0.356 e. The number of nitrogens with one attached hydrogen (secondary N) is 1. The lowest BCUT2D eigenvalue weighted by Gasteiger charge is -2.36. The Bertz CT molecular complexity index is 577. The van der Waals surface area contributed by atoms with Gasteiger partial charge in [-0.15, -0.1) is 0 Å². The van der Waals surface area contributed by atoms with Gasteiger partial charge in [0.1, 0.15) is 0 Å². The number of hydrogen-bond acceptors (Lipinski definition) is 2. The van der Waals surface area contributed by atoms with Gasteiger partial charge >= 0.3 is 6.18 Å². The summed E-state index contributed by atoms with van der Waals surface area (Å²) in [7, 11) is 0. The maximum atomic E-state index is 13.2. The Morgan fingerprint density at radius 3 is 2.79 bits per heavy atom. The lowest BCUT2D eigenvalue weighted by atomic mass is 9.97. The lowest BCUT2D eigenvalue weighted by molar-refractivity contribution is -0.138. The maximum Gasteiger partial charge on any atom is 0.416 e. The predicted octanol–water partition coefficient (Wildman–Crippen LogP) is 4.24. The molecule has 1 amide bonds. The zero-order valence-electron chi connectivity index (χ0n) is 13.6. The van der Waals surface area contributed by atoms with E-state index in [1.54, 1.807) is 0 Å². The first-order valence-electron chi connectivity index (χ1n) is 8.11. The molecule has 0 aliphatic carbocycles. The van der Waals surface area contributed by atoms with Crippen molar-refractivity contribution in [3.8, 4) is 0 Å². The fourth-order valence-corrected chi connectivity index (χ4v) is 3.39. The van der Waals surface area contributed by atoms with Crippen molar-refractivity contribution in [3.63, 3.8) is 0 Å². The summed E-state index contributed by atoms with van der Waals surface area (Å²) in [6, 6.07) is 3.90. The molecule has 0 bridgehead atoms. The fourth-order valence-electron chi connectivity index (χ4n) is 3.20. The Hall–Kier alpha value is -1.27. The summed E-state index contributed by atoms with van der Waals surface area (Å²) in [5.41, 5.74) is -0.417. The second-order valence-corrected chi connectivity index (χ2v) is 6.63. The van der Waals surface area contributed by atoms with Gasteiger partial charge in [-0.25, -0.2) is 0 Å². The SMILES string of the molecule is CC(=O)NCCC1CCCCN1Cc1cc(Cl)ccc1C(F)(F)F. The first-order valence-corrected chi connectivity index (χ1v) is 8.49. The molecule has 1 fully saturated rings. The molecular weight excluding hydrogens is 341 g/mol. The third kappa shape index (κ3) is 5.38. The van der Waals surface area contributed by atoms with Crippen LogP contribution in [-0.4, -0.2) is 29.9 Å². The van der Waals surface area contributed by atoms with Gasteiger partial charge in [-0.3, -0.25) is 9.69 Å². The molecule has 24 heavy (non-hydrogen) atoms. The second kappa shape index (κ2) is 8.21. The molecule has 1 aromatic carbocycles. The largest absolute Gasteiger partial charge is 0.416 e. The molecule has 1 aliphatic rings. The van der Waals surface area contributed by atoms with E-state index >= 15 is 0 Å². The van der Waals surface area contributed by atoms with E-state index in [9.17, 15) is 18.0 Å². The molecule has 7 heteroatoms. The van der Waals surface area contributed by atoms with Crippen LogP contribution in [0.3, 0.4) is 0 Å². The maximum absolute atomic E-state index is 13.2. The summed E-state index contributed by atoms with van der Waals surface area (Å²) in [6.45, 7) is 2.98. The number of carbonyl (C=O) groups is 1. The molecule has 2 rings (SSSR count). The first kappa shape index (κ1) is 19.1. The normalized spacial score (nSPS) is 19.3. The summed E-state index contributed by atoms with van der Waals surface area (Å²) >= 11 is 5.91. The van der Waals surface area contributed by atoms with Crippen LogP contribution in [-0.2, 0) is 17.5 Å². The van der Waals surface area contributed by atoms with Crippen LogP contribution in [0.5, 0.6) is 0 Å². The number of alkyl halides is 3. The number of piperidine rings is 1. The third-order valence-electron chi connectivity index (χ3n) is 4.35. The van der Waals surface area contributed by atoms with E-state index in [1.807, 2.05) is 0 Å². The standard InChI is InChI=1S/C17H22ClF3N2O/c1-12(24)22-8-7-15-4-2-3-9-23(15)11-13-10-14(18)5-6-16(13)17(19,20)21/h5-6,10,15H,2-4,7-9,11H2,1H3,(H,22,24). The number of hydrogen-bond donors (Lipinski definition) is 1. The van der Waals surface area contributed by atoms with Crippen molar-refractivity contribution in [3.05, 3.63) is 34.3 Å². The third-order valence-corrected chi connectivity index (χ3v) is 4.58. The Morgan fingerprint density at radius 1 is 1.38 bits per heavy atom. The van der Waals surface area contributed by atoms with Gasteiger partial charge in [0, 0.05) is 31.1 Å². The molecule has 0 spiro atoms. The van der Waals surface area contributed by atoms with Crippen molar-refractivity contribution in [1.29, 1.82) is 0 Å². The minimum atomic E-state index is -4.39. The molecule has 3 nitrogen and oxygen atoms in total. The van der Waals surface area contributed by atoms with Crippen molar-refractivity contribution in [2.24, 2.45) is 0 Å². The van der Waals surface area contributed by atoms with Crippen molar-refractivity contribution in [1.82, 2.24) is 10.2 Å². The van der Waals surface area contributed by atoms with Gasteiger partial charge < -0.3 is 5.32 Å². The number of benzene rings is 1. The first-order chi connectivity index (χ1) is 11.3. The quantitative estimate of drug-likeness (QED) is 0.849. The van der Waals surface area contributed by atoms with Crippen molar-refractivity contribution in [2.75, 3.05) is 13.1 Å². The van der Waals surface area contributed by atoms with Crippen LogP contribution in [0.15, 0.2) is 18.2 Å². The summed E-state index contributed by atoms with van der Waals surface area (Å²) < 4.78 is 39.6. The van der Waals surface area contributed by atoms with Gasteiger partial charge in [0.2, 0.25) is 5.91 Å². The number of nitrogens with zero attached hydrogens (tertiary/aromatic N) is 1. The average molecular weight is 363 g/mol. The Morgan fingerprint density at radius 2 is 2.12 bits per heavy atom. The van der Waals surface area contributed by atoms with Crippen LogP contribution in [0, 0.1) is 0 Å². The molecular formula is C17H22ClF3N2O. The zero-order chi connectivity index (χ0) is 17.7. The van der Waals surface area contributed by atoms with E-state index in [0.29, 0.717) is 11.6 Å². The topological polar surface area (TPSA) is 32.3 Å².